The molecule has 1 unspecified atom stereocenters. The molecule has 0 saturated carbocycles. The third kappa shape index (κ3) is 3.32. The van der Waals surface area contributed by atoms with Gasteiger partial charge in [0.05, 0.1) is 29.6 Å². The molecule has 2 N–H and O–H groups in total. The molecule has 10 heteroatoms. The van der Waals surface area contributed by atoms with E-state index in [0.29, 0.717) is 51.6 Å². The van der Waals surface area contributed by atoms with Gasteiger partial charge in [0.15, 0.2) is 0 Å². The molecular weight excluding hydrogens is 380 g/mol. The quantitative estimate of drug-likeness (QED) is 0.747. The van der Waals surface area contributed by atoms with Crippen molar-refractivity contribution in [3.05, 3.63) is 17.1 Å². The lowest BCUT2D eigenvalue weighted by atomic mass is 9.90. The minimum Gasteiger partial charge on any atom is -0.465 e. The molecule has 0 spiro atoms. The van der Waals surface area contributed by atoms with Crippen molar-refractivity contribution in [1.29, 1.82) is 0 Å². The first-order valence-corrected chi connectivity index (χ1v) is 9.68. The van der Waals surface area contributed by atoms with E-state index in [1.807, 2.05) is 11.0 Å². The molecule has 2 aliphatic rings. The van der Waals surface area contributed by atoms with Crippen LogP contribution in [0.5, 0.6) is 0 Å². The van der Waals surface area contributed by atoms with Crippen molar-refractivity contribution in [2.75, 3.05) is 37.7 Å². The van der Waals surface area contributed by atoms with E-state index in [2.05, 4.69) is 9.97 Å². The van der Waals surface area contributed by atoms with Gasteiger partial charge in [0.2, 0.25) is 5.95 Å². The standard InChI is InChI=1S/C16H19ClN4O4S/c17-13-9-21(5-6-25-13)14-18-8-11-10(19-14)7-12(26-11)16(24)1-3-20(4-2-16)15(22)23/h7-8,13,24H,1-6,9H2,(H,22,23). The molecule has 2 aromatic rings. The zero-order valence-corrected chi connectivity index (χ0v) is 15.5. The predicted octanol–water partition coefficient (Wildman–Crippen LogP) is 2.05. The Labute approximate surface area is 159 Å². The average molecular weight is 399 g/mol. The highest BCUT2D eigenvalue weighted by atomic mass is 35.5. The molecule has 0 aromatic carbocycles. The monoisotopic (exact) mass is 398 g/mol. The minimum atomic E-state index is -1.02. The maximum absolute atomic E-state index is 11.1. The molecule has 2 saturated heterocycles. The van der Waals surface area contributed by atoms with Gasteiger partial charge >= 0.3 is 6.09 Å². The lowest BCUT2D eigenvalue weighted by Gasteiger charge is -2.36. The van der Waals surface area contributed by atoms with Gasteiger partial charge in [0.25, 0.3) is 0 Å². The number of fused-ring (bicyclic) bond motifs is 1. The number of thiophene rings is 1. The van der Waals surface area contributed by atoms with Crippen molar-refractivity contribution in [1.82, 2.24) is 14.9 Å². The van der Waals surface area contributed by atoms with Crippen LogP contribution >= 0.6 is 22.9 Å². The molecule has 4 heterocycles. The summed E-state index contributed by atoms with van der Waals surface area (Å²) in [6.07, 6.45) is 1.58. The number of alkyl halides is 1. The Morgan fingerprint density at radius 1 is 1.38 bits per heavy atom. The van der Waals surface area contributed by atoms with E-state index in [-0.39, 0.29) is 5.56 Å². The maximum atomic E-state index is 11.1. The summed E-state index contributed by atoms with van der Waals surface area (Å²) in [5.41, 5.74) is -0.611. The first-order chi connectivity index (χ1) is 12.4. The number of piperidine rings is 1. The normalized spacial score (nSPS) is 23.4. The highest BCUT2D eigenvalue weighted by molar-refractivity contribution is 7.19. The topological polar surface area (TPSA) is 99.0 Å². The molecule has 0 bridgehead atoms. The molecule has 0 radical (unpaired) electrons. The number of morpholine rings is 1. The van der Waals surface area contributed by atoms with E-state index >= 15 is 0 Å². The third-order valence-electron chi connectivity index (χ3n) is 4.88. The Morgan fingerprint density at radius 3 is 2.85 bits per heavy atom. The van der Waals surface area contributed by atoms with Gasteiger partial charge in [-0.3, -0.25) is 0 Å². The van der Waals surface area contributed by atoms with Crippen LogP contribution in [-0.4, -0.2) is 69.5 Å². The highest BCUT2D eigenvalue weighted by Crippen LogP contribution is 2.39. The van der Waals surface area contributed by atoms with Crippen molar-refractivity contribution >= 4 is 45.2 Å². The van der Waals surface area contributed by atoms with E-state index in [0.717, 1.165) is 15.1 Å². The highest BCUT2D eigenvalue weighted by Gasteiger charge is 2.37. The zero-order valence-electron chi connectivity index (χ0n) is 14.0. The largest absolute Gasteiger partial charge is 0.465 e. The van der Waals surface area contributed by atoms with Crippen molar-refractivity contribution in [3.63, 3.8) is 0 Å². The van der Waals surface area contributed by atoms with E-state index in [4.69, 9.17) is 21.4 Å². The summed E-state index contributed by atoms with van der Waals surface area (Å²) in [4.78, 5) is 24.2. The van der Waals surface area contributed by atoms with Crippen molar-refractivity contribution in [3.8, 4) is 0 Å². The summed E-state index contributed by atoms with van der Waals surface area (Å²) in [7, 11) is 0. The van der Waals surface area contributed by atoms with Crippen molar-refractivity contribution in [2.45, 2.75) is 24.0 Å². The number of halogens is 1. The lowest BCUT2D eigenvalue weighted by Crippen LogP contribution is -2.44. The Morgan fingerprint density at radius 2 is 2.15 bits per heavy atom. The summed E-state index contributed by atoms with van der Waals surface area (Å²) >= 11 is 7.50. The molecule has 1 atom stereocenters. The van der Waals surface area contributed by atoms with Gasteiger partial charge < -0.3 is 24.7 Å². The summed E-state index contributed by atoms with van der Waals surface area (Å²) in [6.45, 7) is 2.38. The van der Waals surface area contributed by atoms with Crippen molar-refractivity contribution in [2.24, 2.45) is 0 Å². The lowest BCUT2D eigenvalue weighted by molar-refractivity contribution is -0.0183. The number of hydrogen-bond donors (Lipinski definition) is 2. The van der Waals surface area contributed by atoms with Gasteiger partial charge in [-0.2, -0.15) is 0 Å². The predicted molar refractivity (Wildman–Crippen MR) is 97.9 cm³/mol. The molecule has 1 amide bonds. The van der Waals surface area contributed by atoms with E-state index in [9.17, 15) is 9.90 Å². The molecule has 2 aliphatic heterocycles. The Bertz CT molecular complexity index is 824. The van der Waals surface area contributed by atoms with Crippen LogP contribution < -0.4 is 4.90 Å². The van der Waals surface area contributed by atoms with Crippen LogP contribution in [0.3, 0.4) is 0 Å². The van der Waals surface area contributed by atoms with Crippen LogP contribution in [0.1, 0.15) is 17.7 Å². The SMILES string of the molecule is O=C(O)N1CCC(O)(c2cc3nc(N4CCOC(Cl)C4)ncc3s2)CC1. The van der Waals surface area contributed by atoms with E-state index in [1.54, 1.807) is 6.20 Å². The van der Waals surface area contributed by atoms with Gasteiger partial charge in [0.1, 0.15) is 11.2 Å². The molecule has 2 aromatic heterocycles. The summed E-state index contributed by atoms with van der Waals surface area (Å²) in [5.74, 6) is 0.600. The number of carboxylic acid groups (broad SMARTS) is 1. The minimum absolute atomic E-state index is 0.321. The van der Waals surface area contributed by atoms with Crippen LogP contribution in [0, 0.1) is 0 Å². The van der Waals surface area contributed by atoms with Crippen LogP contribution in [0.4, 0.5) is 10.7 Å². The number of likely N-dealkylation sites (tertiary alicyclic amines) is 1. The fourth-order valence-corrected chi connectivity index (χ4v) is 4.69. The zero-order chi connectivity index (χ0) is 18.3. The van der Waals surface area contributed by atoms with Gasteiger partial charge in [-0.15, -0.1) is 11.3 Å². The van der Waals surface area contributed by atoms with Gasteiger partial charge in [-0.1, -0.05) is 11.6 Å². The second-order valence-electron chi connectivity index (χ2n) is 6.56. The number of anilines is 1. The fraction of sp³-hybridized carbons (Fsp3) is 0.562. The Balaban J connectivity index is 1.57. The number of amides is 1. The van der Waals surface area contributed by atoms with Crippen LogP contribution in [0.2, 0.25) is 0 Å². The molecule has 0 aliphatic carbocycles. The molecule has 8 nitrogen and oxygen atoms in total. The number of aliphatic hydroxyl groups is 1. The number of carbonyl (C=O) groups is 1. The molecule has 140 valence electrons. The molecule has 4 rings (SSSR count). The fourth-order valence-electron chi connectivity index (χ4n) is 3.31. The number of nitrogens with zero attached hydrogens (tertiary/aromatic N) is 4. The maximum Gasteiger partial charge on any atom is 0.407 e. The van der Waals surface area contributed by atoms with E-state index in [1.165, 1.54) is 16.2 Å². The summed E-state index contributed by atoms with van der Waals surface area (Å²) < 4.78 is 6.23. The number of aromatic nitrogens is 2. The molecule has 2 fully saturated rings. The molecule has 26 heavy (non-hydrogen) atoms. The first-order valence-electron chi connectivity index (χ1n) is 8.42. The number of ether oxygens (including phenoxy) is 1. The number of hydrogen-bond acceptors (Lipinski definition) is 7. The van der Waals surface area contributed by atoms with Gasteiger partial charge in [-0.05, 0) is 18.9 Å². The van der Waals surface area contributed by atoms with Crippen LogP contribution in [0.25, 0.3) is 10.2 Å². The average Bonchev–Trinajstić information content (AvgIpc) is 3.06. The second-order valence-corrected chi connectivity index (χ2v) is 8.13. The van der Waals surface area contributed by atoms with Crippen LogP contribution in [0.15, 0.2) is 12.3 Å². The Hall–Kier alpha value is -1.68. The first kappa shape index (κ1) is 17.7. The van der Waals surface area contributed by atoms with Crippen LogP contribution in [-0.2, 0) is 10.3 Å². The second kappa shape index (κ2) is 6.80. The van der Waals surface area contributed by atoms with Gasteiger partial charge in [0, 0.05) is 24.5 Å². The van der Waals surface area contributed by atoms with Crippen molar-refractivity contribution < 1.29 is 19.7 Å². The number of rotatable bonds is 2. The smallest absolute Gasteiger partial charge is 0.407 e. The summed E-state index contributed by atoms with van der Waals surface area (Å²) in [6, 6.07) is 1.89. The molecular formula is C16H19ClN4O4S. The van der Waals surface area contributed by atoms with E-state index < -0.39 is 11.7 Å². The Kier molecular flexibility index (Phi) is 4.64. The summed E-state index contributed by atoms with van der Waals surface area (Å²) in [5, 5.41) is 20.1. The third-order valence-corrected chi connectivity index (χ3v) is 6.40. The van der Waals surface area contributed by atoms with Gasteiger partial charge in [-0.25, -0.2) is 14.8 Å².